The van der Waals surface area contributed by atoms with Crippen molar-refractivity contribution in [1.82, 2.24) is 9.80 Å². The Labute approximate surface area is 142 Å². The maximum Gasteiger partial charge on any atom is 0.257 e. The zero-order chi connectivity index (χ0) is 17.2. The minimum absolute atomic E-state index is 0.0606. The molecule has 0 unspecified atom stereocenters. The SMILES string of the molecule is CCN(C(=O)c1coc(CN2CCOCC2)c1)[C@H]1CCS(=O)(=O)C1. The molecule has 1 atom stereocenters. The van der Waals surface area contributed by atoms with Crippen LogP contribution in [0.4, 0.5) is 0 Å². The molecule has 0 aromatic carbocycles. The Morgan fingerprint density at radius 1 is 1.38 bits per heavy atom. The molecule has 0 radical (unpaired) electrons. The first kappa shape index (κ1) is 17.4. The molecule has 0 spiro atoms. The molecule has 2 aliphatic rings. The Morgan fingerprint density at radius 3 is 2.75 bits per heavy atom. The van der Waals surface area contributed by atoms with E-state index in [1.807, 2.05) is 6.92 Å². The number of rotatable bonds is 5. The molecular weight excluding hydrogens is 332 g/mol. The van der Waals surface area contributed by atoms with Gasteiger partial charge in [-0.1, -0.05) is 0 Å². The summed E-state index contributed by atoms with van der Waals surface area (Å²) in [6.07, 6.45) is 1.99. The lowest BCUT2D eigenvalue weighted by atomic mass is 10.2. The average molecular weight is 356 g/mol. The van der Waals surface area contributed by atoms with E-state index in [9.17, 15) is 13.2 Å². The maximum atomic E-state index is 12.7. The van der Waals surface area contributed by atoms with E-state index in [0.29, 0.717) is 38.3 Å². The van der Waals surface area contributed by atoms with E-state index in [0.717, 1.165) is 18.8 Å². The first-order valence-electron chi connectivity index (χ1n) is 8.37. The van der Waals surface area contributed by atoms with Crippen LogP contribution in [-0.2, 0) is 21.1 Å². The summed E-state index contributed by atoms with van der Waals surface area (Å²) >= 11 is 0. The summed E-state index contributed by atoms with van der Waals surface area (Å²) in [6.45, 7) is 6.15. The van der Waals surface area contributed by atoms with Gasteiger partial charge in [-0.05, 0) is 19.4 Å². The molecule has 134 valence electrons. The fourth-order valence-corrected chi connectivity index (χ4v) is 5.04. The fourth-order valence-electron chi connectivity index (χ4n) is 3.31. The zero-order valence-corrected chi connectivity index (χ0v) is 14.8. The van der Waals surface area contributed by atoms with Gasteiger partial charge in [0.1, 0.15) is 12.0 Å². The van der Waals surface area contributed by atoms with Crippen LogP contribution in [0.1, 0.15) is 29.5 Å². The van der Waals surface area contributed by atoms with E-state index in [1.165, 1.54) is 6.26 Å². The number of carbonyl (C=O) groups excluding carboxylic acids is 1. The number of hydrogen-bond acceptors (Lipinski definition) is 6. The van der Waals surface area contributed by atoms with Crippen LogP contribution in [0.3, 0.4) is 0 Å². The standard InChI is InChI=1S/C16H24N2O5S/c1-2-18(14-3-8-24(20,21)12-14)16(19)13-9-15(23-11-13)10-17-4-6-22-7-5-17/h9,11,14H,2-8,10,12H2,1H3/t14-/m0/s1. The van der Waals surface area contributed by atoms with Gasteiger partial charge in [0, 0.05) is 25.7 Å². The topological polar surface area (TPSA) is 80.1 Å². The number of morpholine rings is 1. The highest BCUT2D eigenvalue weighted by Gasteiger charge is 2.34. The van der Waals surface area contributed by atoms with Gasteiger partial charge in [-0.25, -0.2) is 8.42 Å². The number of sulfone groups is 1. The predicted octanol–water partition coefficient (Wildman–Crippen LogP) is 0.761. The first-order chi connectivity index (χ1) is 11.5. The molecular formula is C16H24N2O5S. The smallest absolute Gasteiger partial charge is 0.257 e. The van der Waals surface area contributed by atoms with Crippen molar-refractivity contribution in [3.63, 3.8) is 0 Å². The lowest BCUT2D eigenvalue weighted by Gasteiger charge is -2.26. The van der Waals surface area contributed by atoms with Gasteiger partial charge in [0.25, 0.3) is 5.91 Å². The third kappa shape index (κ3) is 3.99. The summed E-state index contributed by atoms with van der Waals surface area (Å²) in [6, 6.07) is 1.54. The second-order valence-electron chi connectivity index (χ2n) is 6.34. The van der Waals surface area contributed by atoms with E-state index < -0.39 is 9.84 Å². The fraction of sp³-hybridized carbons (Fsp3) is 0.688. The Balaban J connectivity index is 1.65. The van der Waals surface area contributed by atoms with Crippen molar-refractivity contribution in [2.75, 3.05) is 44.4 Å². The molecule has 7 nitrogen and oxygen atoms in total. The summed E-state index contributed by atoms with van der Waals surface area (Å²) < 4.78 is 34.2. The van der Waals surface area contributed by atoms with E-state index in [1.54, 1.807) is 11.0 Å². The molecule has 0 saturated carbocycles. The number of carbonyl (C=O) groups is 1. The molecule has 1 aromatic heterocycles. The van der Waals surface area contributed by atoms with Crippen LogP contribution in [-0.4, -0.2) is 74.5 Å². The average Bonchev–Trinajstić information content (AvgIpc) is 3.16. The van der Waals surface area contributed by atoms with Gasteiger partial charge >= 0.3 is 0 Å². The molecule has 8 heteroatoms. The minimum Gasteiger partial charge on any atom is -0.467 e. The number of furan rings is 1. The van der Waals surface area contributed by atoms with Crippen LogP contribution in [0.5, 0.6) is 0 Å². The van der Waals surface area contributed by atoms with Gasteiger partial charge in [0.15, 0.2) is 9.84 Å². The van der Waals surface area contributed by atoms with E-state index in [2.05, 4.69) is 4.90 Å². The summed E-state index contributed by atoms with van der Waals surface area (Å²) in [5, 5.41) is 0. The van der Waals surface area contributed by atoms with Crippen molar-refractivity contribution in [3.8, 4) is 0 Å². The van der Waals surface area contributed by atoms with Crippen LogP contribution in [0, 0.1) is 0 Å². The highest BCUT2D eigenvalue weighted by atomic mass is 32.2. The van der Waals surface area contributed by atoms with Gasteiger partial charge in [0.2, 0.25) is 0 Å². The predicted molar refractivity (Wildman–Crippen MR) is 88.6 cm³/mol. The third-order valence-electron chi connectivity index (χ3n) is 4.63. The first-order valence-corrected chi connectivity index (χ1v) is 10.2. The second kappa shape index (κ2) is 7.25. The molecule has 0 bridgehead atoms. The van der Waals surface area contributed by atoms with Crippen molar-refractivity contribution < 1.29 is 22.4 Å². The largest absolute Gasteiger partial charge is 0.467 e. The molecule has 3 heterocycles. The van der Waals surface area contributed by atoms with Crippen molar-refractivity contribution in [2.24, 2.45) is 0 Å². The van der Waals surface area contributed by atoms with Gasteiger partial charge < -0.3 is 14.1 Å². The summed E-state index contributed by atoms with van der Waals surface area (Å²) in [4.78, 5) is 16.6. The van der Waals surface area contributed by atoms with Gasteiger partial charge in [0.05, 0.1) is 36.8 Å². The second-order valence-corrected chi connectivity index (χ2v) is 8.57. The van der Waals surface area contributed by atoms with Crippen LogP contribution in [0.25, 0.3) is 0 Å². The maximum absolute atomic E-state index is 12.7. The number of hydrogen-bond donors (Lipinski definition) is 0. The van der Waals surface area contributed by atoms with Crippen LogP contribution in [0.2, 0.25) is 0 Å². The number of amides is 1. The molecule has 0 N–H and O–H groups in total. The normalized spacial score (nSPS) is 24.1. The van der Waals surface area contributed by atoms with Crippen molar-refractivity contribution in [1.29, 1.82) is 0 Å². The molecule has 1 aromatic rings. The van der Waals surface area contributed by atoms with E-state index >= 15 is 0 Å². The highest BCUT2D eigenvalue weighted by molar-refractivity contribution is 7.91. The van der Waals surface area contributed by atoms with Crippen LogP contribution in [0.15, 0.2) is 16.7 Å². The summed E-state index contributed by atoms with van der Waals surface area (Å²) in [5.74, 6) is 0.812. The number of nitrogens with zero attached hydrogens (tertiary/aromatic N) is 2. The number of ether oxygens (including phenoxy) is 1. The molecule has 24 heavy (non-hydrogen) atoms. The monoisotopic (exact) mass is 356 g/mol. The van der Waals surface area contributed by atoms with E-state index in [-0.39, 0.29) is 23.5 Å². The molecule has 1 amide bonds. The zero-order valence-electron chi connectivity index (χ0n) is 13.9. The molecule has 3 rings (SSSR count). The van der Waals surface area contributed by atoms with Crippen molar-refractivity contribution in [2.45, 2.75) is 25.9 Å². The lowest BCUT2D eigenvalue weighted by Crippen LogP contribution is -2.40. The van der Waals surface area contributed by atoms with Crippen molar-refractivity contribution in [3.05, 3.63) is 23.7 Å². The Morgan fingerprint density at radius 2 is 2.12 bits per heavy atom. The van der Waals surface area contributed by atoms with Crippen LogP contribution < -0.4 is 0 Å². The Hall–Kier alpha value is -1.38. The molecule has 2 aliphatic heterocycles. The van der Waals surface area contributed by atoms with Gasteiger partial charge in [-0.3, -0.25) is 9.69 Å². The minimum atomic E-state index is -3.02. The molecule has 2 fully saturated rings. The lowest BCUT2D eigenvalue weighted by molar-refractivity contribution is 0.0313. The van der Waals surface area contributed by atoms with E-state index in [4.69, 9.17) is 9.15 Å². The summed E-state index contributed by atoms with van der Waals surface area (Å²) in [7, 11) is -3.02. The van der Waals surface area contributed by atoms with Crippen molar-refractivity contribution >= 4 is 15.7 Å². The Bertz CT molecular complexity index is 678. The quantitative estimate of drug-likeness (QED) is 0.775. The van der Waals surface area contributed by atoms with Gasteiger partial charge in [-0.2, -0.15) is 0 Å². The van der Waals surface area contributed by atoms with Crippen LogP contribution >= 0.6 is 0 Å². The summed E-state index contributed by atoms with van der Waals surface area (Å²) in [5.41, 5.74) is 0.490. The molecule has 0 aliphatic carbocycles. The third-order valence-corrected chi connectivity index (χ3v) is 6.38. The Kier molecular flexibility index (Phi) is 5.27. The highest BCUT2D eigenvalue weighted by Crippen LogP contribution is 2.21. The van der Waals surface area contributed by atoms with Gasteiger partial charge in [-0.15, -0.1) is 0 Å². The molecule has 2 saturated heterocycles.